The maximum atomic E-state index is 11.7. The molecule has 1 fully saturated rings. The molecule has 3 rings (SSSR count). The van der Waals surface area contributed by atoms with Gasteiger partial charge in [0, 0.05) is 0 Å². The Labute approximate surface area is 188 Å². The van der Waals surface area contributed by atoms with Gasteiger partial charge in [0.25, 0.3) is 8.32 Å². The molecule has 0 heterocycles. The zero-order chi connectivity index (χ0) is 22.3. The van der Waals surface area contributed by atoms with Crippen molar-refractivity contribution >= 4 is 24.7 Å². The minimum atomic E-state index is -2.51. The zero-order valence-electron chi connectivity index (χ0n) is 19.3. The van der Waals surface area contributed by atoms with E-state index in [0.717, 1.165) is 25.7 Å². The fraction of sp³-hybridized carbons (Fsp3) is 0.500. The first-order chi connectivity index (χ1) is 14.9. The maximum absolute atomic E-state index is 11.7. The molecule has 2 aromatic carbocycles. The summed E-state index contributed by atoms with van der Waals surface area (Å²) >= 11 is 0. The van der Waals surface area contributed by atoms with E-state index in [9.17, 15) is 4.79 Å². The molecule has 5 heteroatoms. The second kappa shape index (κ2) is 10.6. The van der Waals surface area contributed by atoms with Crippen molar-refractivity contribution in [2.75, 3.05) is 20.3 Å². The summed E-state index contributed by atoms with van der Waals surface area (Å²) in [4.78, 5) is 11.7. The Morgan fingerprint density at radius 3 is 1.84 bits per heavy atom. The molecule has 0 amide bonds. The molecule has 1 aliphatic carbocycles. The van der Waals surface area contributed by atoms with Gasteiger partial charge < -0.3 is 13.9 Å². The smallest absolute Gasteiger partial charge is 0.308 e. The number of benzene rings is 2. The SMILES string of the molecule is COC(=O)C1CCC(OCCO[Si](c2ccccc2)(c2ccccc2)C(C)(C)C)CC1. The lowest BCUT2D eigenvalue weighted by Crippen LogP contribution is -2.66. The second-order valence-electron chi connectivity index (χ2n) is 9.38. The van der Waals surface area contributed by atoms with Gasteiger partial charge in [0.15, 0.2) is 0 Å². The van der Waals surface area contributed by atoms with Crippen molar-refractivity contribution in [1.29, 1.82) is 0 Å². The van der Waals surface area contributed by atoms with Crippen LogP contribution in [0.4, 0.5) is 0 Å². The van der Waals surface area contributed by atoms with Crippen molar-refractivity contribution in [3.05, 3.63) is 60.7 Å². The summed E-state index contributed by atoms with van der Waals surface area (Å²) in [6, 6.07) is 21.4. The highest BCUT2D eigenvalue weighted by Gasteiger charge is 2.50. The third-order valence-electron chi connectivity index (χ3n) is 6.38. The van der Waals surface area contributed by atoms with E-state index >= 15 is 0 Å². The van der Waals surface area contributed by atoms with Crippen LogP contribution < -0.4 is 10.4 Å². The van der Waals surface area contributed by atoms with E-state index in [-0.39, 0.29) is 23.0 Å². The Kier molecular flexibility index (Phi) is 8.09. The molecule has 0 saturated heterocycles. The molecule has 0 radical (unpaired) electrons. The molecule has 2 aromatic rings. The van der Waals surface area contributed by atoms with Gasteiger partial charge in [-0.3, -0.25) is 4.79 Å². The first kappa shape index (κ1) is 23.7. The number of carbonyl (C=O) groups excluding carboxylic acids is 1. The molecule has 0 bridgehead atoms. The molecule has 0 N–H and O–H groups in total. The van der Waals surface area contributed by atoms with Crippen LogP contribution in [-0.4, -0.2) is 40.7 Å². The Morgan fingerprint density at radius 2 is 1.39 bits per heavy atom. The Bertz CT molecular complexity index is 769. The van der Waals surface area contributed by atoms with Crippen LogP contribution in [0.2, 0.25) is 5.04 Å². The van der Waals surface area contributed by atoms with Crippen LogP contribution in [0.3, 0.4) is 0 Å². The summed E-state index contributed by atoms with van der Waals surface area (Å²) in [6.45, 7) is 7.98. The van der Waals surface area contributed by atoms with Crippen molar-refractivity contribution in [1.82, 2.24) is 0 Å². The third-order valence-corrected chi connectivity index (χ3v) is 11.4. The fourth-order valence-electron chi connectivity index (χ4n) is 4.80. The van der Waals surface area contributed by atoms with E-state index in [4.69, 9.17) is 13.9 Å². The summed E-state index contributed by atoms with van der Waals surface area (Å²) in [6.07, 6.45) is 3.68. The lowest BCUT2D eigenvalue weighted by Gasteiger charge is -2.43. The average Bonchev–Trinajstić information content (AvgIpc) is 2.79. The molecular weight excluding hydrogens is 404 g/mol. The van der Waals surface area contributed by atoms with E-state index in [2.05, 4.69) is 81.4 Å². The Balaban J connectivity index is 1.69. The van der Waals surface area contributed by atoms with Crippen molar-refractivity contribution in [3.8, 4) is 0 Å². The first-order valence-corrected chi connectivity index (χ1v) is 13.2. The highest BCUT2D eigenvalue weighted by atomic mass is 28.4. The molecule has 4 nitrogen and oxygen atoms in total. The van der Waals surface area contributed by atoms with E-state index in [1.165, 1.54) is 17.5 Å². The van der Waals surface area contributed by atoms with Gasteiger partial charge >= 0.3 is 5.97 Å². The molecule has 1 saturated carbocycles. The number of hydrogen-bond acceptors (Lipinski definition) is 4. The quantitative estimate of drug-likeness (QED) is 0.349. The largest absolute Gasteiger partial charge is 0.469 e. The number of carbonyl (C=O) groups is 1. The van der Waals surface area contributed by atoms with Crippen LogP contribution in [0.5, 0.6) is 0 Å². The highest BCUT2D eigenvalue weighted by Crippen LogP contribution is 2.36. The van der Waals surface area contributed by atoms with Gasteiger partial charge in [0.05, 0.1) is 32.3 Å². The van der Waals surface area contributed by atoms with Gasteiger partial charge in [-0.1, -0.05) is 81.4 Å². The molecule has 0 spiro atoms. The summed E-state index contributed by atoms with van der Waals surface area (Å²) < 4.78 is 17.9. The van der Waals surface area contributed by atoms with Gasteiger partial charge in [-0.05, 0) is 41.1 Å². The van der Waals surface area contributed by atoms with Crippen molar-refractivity contribution in [2.24, 2.45) is 5.92 Å². The van der Waals surface area contributed by atoms with Crippen LogP contribution in [0.1, 0.15) is 46.5 Å². The van der Waals surface area contributed by atoms with Crippen LogP contribution >= 0.6 is 0 Å². The van der Waals surface area contributed by atoms with Crippen LogP contribution in [0.25, 0.3) is 0 Å². The Hall–Kier alpha value is -1.95. The molecule has 0 aromatic heterocycles. The topological polar surface area (TPSA) is 44.8 Å². The highest BCUT2D eigenvalue weighted by molar-refractivity contribution is 6.99. The number of rotatable bonds is 8. The monoisotopic (exact) mass is 440 g/mol. The maximum Gasteiger partial charge on any atom is 0.308 e. The van der Waals surface area contributed by atoms with Gasteiger partial charge in [-0.25, -0.2) is 0 Å². The predicted octanol–water partition coefficient (Wildman–Crippen LogP) is 4.31. The number of ether oxygens (including phenoxy) is 2. The fourth-order valence-corrected chi connectivity index (χ4v) is 9.35. The van der Waals surface area contributed by atoms with Crippen molar-refractivity contribution in [3.63, 3.8) is 0 Å². The van der Waals surface area contributed by atoms with Crippen LogP contribution in [-0.2, 0) is 18.7 Å². The summed E-state index contributed by atoms with van der Waals surface area (Å²) in [5.74, 6) is -0.0633. The third kappa shape index (κ3) is 5.46. The van der Waals surface area contributed by atoms with Crippen molar-refractivity contribution in [2.45, 2.75) is 57.6 Å². The minimum absolute atomic E-state index is 0.0261. The average molecular weight is 441 g/mol. The van der Waals surface area contributed by atoms with E-state index < -0.39 is 8.32 Å². The van der Waals surface area contributed by atoms with E-state index in [1.54, 1.807) is 0 Å². The zero-order valence-corrected chi connectivity index (χ0v) is 20.3. The predicted molar refractivity (Wildman–Crippen MR) is 127 cm³/mol. The second-order valence-corrected chi connectivity index (χ2v) is 13.7. The molecule has 168 valence electrons. The van der Waals surface area contributed by atoms with Crippen LogP contribution in [0, 0.1) is 5.92 Å². The molecule has 31 heavy (non-hydrogen) atoms. The Morgan fingerprint density at radius 1 is 0.871 bits per heavy atom. The minimum Gasteiger partial charge on any atom is -0.469 e. The number of methoxy groups -OCH3 is 1. The summed E-state index contributed by atoms with van der Waals surface area (Å²) in [5.41, 5.74) is 0. The number of esters is 1. The normalized spacial score (nSPS) is 19.7. The van der Waals surface area contributed by atoms with Crippen molar-refractivity contribution < 1.29 is 18.7 Å². The van der Waals surface area contributed by atoms with Gasteiger partial charge in [0.1, 0.15) is 0 Å². The molecule has 0 aliphatic heterocycles. The lowest BCUT2D eigenvalue weighted by atomic mass is 9.87. The summed E-state index contributed by atoms with van der Waals surface area (Å²) in [7, 11) is -1.04. The molecule has 0 unspecified atom stereocenters. The first-order valence-electron chi connectivity index (χ1n) is 11.3. The summed E-state index contributed by atoms with van der Waals surface area (Å²) in [5, 5.41) is 2.54. The lowest BCUT2D eigenvalue weighted by molar-refractivity contribution is -0.147. The molecule has 1 aliphatic rings. The van der Waals surface area contributed by atoms with Crippen LogP contribution in [0.15, 0.2) is 60.7 Å². The van der Waals surface area contributed by atoms with E-state index in [1.807, 2.05) is 0 Å². The standard InChI is InChI=1S/C26H36O4Si/c1-26(2,3)31(23-11-7-5-8-12-23,24-13-9-6-10-14-24)30-20-19-29-22-17-15-21(16-18-22)25(27)28-4/h5-14,21-22H,15-20H2,1-4H3. The van der Waals surface area contributed by atoms with Gasteiger partial charge in [0.2, 0.25) is 0 Å². The number of hydrogen-bond donors (Lipinski definition) is 0. The molecular formula is C26H36O4Si. The van der Waals surface area contributed by atoms with Gasteiger partial charge in [-0.2, -0.15) is 0 Å². The van der Waals surface area contributed by atoms with Gasteiger partial charge in [-0.15, -0.1) is 0 Å². The molecule has 0 atom stereocenters. The van der Waals surface area contributed by atoms with E-state index in [0.29, 0.717) is 13.2 Å².